The van der Waals surface area contributed by atoms with E-state index in [9.17, 15) is 14.9 Å². The molecule has 0 unspecified atom stereocenters. The van der Waals surface area contributed by atoms with Crippen molar-refractivity contribution in [2.45, 2.75) is 26.0 Å². The van der Waals surface area contributed by atoms with Crippen LogP contribution >= 0.6 is 0 Å². The van der Waals surface area contributed by atoms with E-state index in [1.54, 1.807) is 30.1 Å². The van der Waals surface area contributed by atoms with Crippen molar-refractivity contribution in [1.82, 2.24) is 9.80 Å². The predicted octanol–water partition coefficient (Wildman–Crippen LogP) is 3.79. The average molecular weight is 417 g/mol. The highest BCUT2D eigenvalue weighted by Crippen LogP contribution is 2.45. The van der Waals surface area contributed by atoms with Crippen LogP contribution in [0.1, 0.15) is 40.9 Å². The second-order valence-corrected chi connectivity index (χ2v) is 8.14. The number of likely N-dealkylation sites (N-methyl/N-ethyl adjacent to an activating group) is 1. The van der Waals surface area contributed by atoms with Crippen molar-refractivity contribution in [1.29, 1.82) is 5.26 Å². The van der Waals surface area contributed by atoms with Gasteiger partial charge in [0.15, 0.2) is 0 Å². The molecule has 0 saturated heterocycles. The van der Waals surface area contributed by atoms with Gasteiger partial charge in [-0.1, -0.05) is 18.2 Å². The van der Waals surface area contributed by atoms with Crippen LogP contribution in [0.4, 0.5) is 4.79 Å². The molecule has 0 radical (unpaired) electrons. The highest BCUT2D eigenvalue weighted by atomic mass is 16.5. The van der Waals surface area contributed by atoms with Crippen molar-refractivity contribution < 1.29 is 19.1 Å². The number of carbonyl (C=O) groups is 2. The highest BCUT2D eigenvalue weighted by Gasteiger charge is 2.41. The molecule has 0 spiro atoms. The number of benzene rings is 2. The number of carbonyl (C=O) groups excluding carboxylic acids is 2. The normalized spacial score (nSPS) is 16.2. The van der Waals surface area contributed by atoms with Crippen LogP contribution in [0, 0.1) is 11.3 Å². The summed E-state index contributed by atoms with van der Waals surface area (Å²) in [7, 11) is 2.96. The van der Waals surface area contributed by atoms with Crippen LogP contribution in [0.25, 0.3) is 5.70 Å². The summed E-state index contributed by atoms with van der Waals surface area (Å²) < 4.78 is 11.1. The molecule has 2 heterocycles. The third-order valence-corrected chi connectivity index (χ3v) is 5.71. The minimum Gasteiger partial charge on any atom is -0.483 e. The lowest BCUT2D eigenvalue weighted by atomic mass is 9.88. The SMILES string of the molecule is COC(=O)N(C)CC1=C(N2Cc3ccccc3C2=O)c2cc(C#N)ccc2OC1(C)C. The first-order valence-corrected chi connectivity index (χ1v) is 9.93. The van der Waals surface area contributed by atoms with Crippen LogP contribution in [0.2, 0.25) is 0 Å². The number of nitrogens with zero attached hydrogens (tertiary/aromatic N) is 3. The molecule has 2 aliphatic heterocycles. The van der Waals surface area contributed by atoms with Crippen molar-refractivity contribution in [2.75, 3.05) is 20.7 Å². The van der Waals surface area contributed by atoms with E-state index in [4.69, 9.17) is 9.47 Å². The van der Waals surface area contributed by atoms with Gasteiger partial charge in [-0.25, -0.2) is 4.79 Å². The molecule has 2 aromatic rings. The number of hydrogen-bond donors (Lipinski definition) is 0. The number of nitriles is 1. The summed E-state index contributed by atoms with van der Waals surface area (Å²) in [5, 5.41) is 9.45. The summed E-state index contributed by atoms with van der Waals surface area (Å²) in [5.41, 5.74) is 3.33. The monoisotopic (exact) mass is 417 g/mol. The average Bonchev–Trinajstić information content (AvgIpc) is 3.09. The molecule has 7 nitrogen and oxygen atoms in total. The number of fused-ring (bicyclic) bond motifs is 2. The molecule has 2 aromatic carbocycles. The van der Waals surface area contributed by atoms with Gasteiger partial charge in [-0.05, 0) is 43.7 Å². The number of ether oxygens (including phenoxy) is 2. The van der Waals surface area contributed by atoms with Gasteiger partial charge in [0.05, 0.1) is 37.5 Å². The topological polar surface area (TPSA) is 82.9 Å². The van der Waals surface area contributed by atoms with Crippen molar-refractivity contribution in [3.8, 4) is 11.8 Å². The van der Waals surface area contributed by atoms with Gasteiger partial charge in [-0.2, -0.15) is 5.26 Å². The molecule has 158 valence electrons. The van der Waals surface area contributed by atoms with E-state index >= 15 is 0 Å². The zero-order chi connectivity index (χ0) is 22.3. The second-order valence-electron chi connectivity index (χ2n) is 8.14. The summed E-state index contributed by atoms with van der Waals surface area (Å²) in [6.45, 7) is 4.41. The first-order valence-electron chi connectivity index (χ1n) is 9.93. The lowest BCUT2D eigenvalue weighted by Crippen LogP contribution is -2.43. The van der Waals surface area contributed by atoms with E-state index in [2.05, 4.69) is 6.07 Å². The number of amides is 2. The first-order chi connectivity index (χ1) is 14.8. The fraction of sp³-hybridized carbons (Fsp3) is 0.292. The Kier molecular flexibility index (Phi) is 4.94. The van der Waals surface area contributed by atoms with Crippen LogP contribution in [-0.2, 0) is 11.3 Å². The third-order valence-electron chi connectivity index (χ3n) is 5.71. The van der Waals surface area contributed by atoms with E-state index in [-0.39, 0.29) is 12.5 Å². The zero-order valence-corrected chi connectivity index (χ0v) is 17.9. The minimum atomic E-state index is -0.798. The van der Waals surface area contributed by atoms with E-state index in [1.165, 1.54) is 12.0 Å². The molecule has 0 saturated carbocycles. The van der Waals surface area contributed by atoms with Crippen molar-refractivity contribution in [3.63, 3.8) is 0 Å². The van der Waals surface area contributed by atoms with Crippen LogP contribution in [0.5, 0.6) is 5.75 Å². The van der Waals surface area contributed by atoms with Gasteiger partial charge in [0.2, 0.25) is 0 Å². The van der Waals surface area contributed by atoms with E-state index < -0.39 is 11.7 Å². The van der Waals surface area contributed by atoms with Crippen molar-refractivity contribution in [3.05, 3.63) is 70.3 Å². The Hall–Kier alpha value is -3.79. The summed E-state index contributed by atoms with van der Waals surface area (Å²) in [5.74, 6) is 0.474. The molecule has 2 aliphatic rings. The van der Waals surface area contributed by atoms with E-state index in [0.717, 1.165) is 11.1 Å². The Balaban J connectivity index is 1.93. The Labute approximate surface area is 181 Å². The molecule has 0 fully saturated rings. The molecule has 31 heavy (non-hydrogen) atoms. The zero-order valence-electron chi connectivity index (χ0n) is 17.9. The summed E-state index contributed by atoms with van der Waals surface area (Å²) in [6, 6.07) is 14.8. The molecular weight excluding hydrogens is 394 g/mol. The van der Waals surface area contributed by atoms with Gasteiger partial charge in [0, 0.05) is 23.7 Å². The number of hydrogen-bond acceptors (Lipinski definition) is 5. The van der Waals surface area contributed by atoms with Crippen molar-refractivity contribution >= 4 is 17.7 Å². The third kappa shape index (κ3) is 3.40. The molecule has 0 atom stereocenters. The summed E-state index contributed by atoms with van der Waals surface area (Å²) >= 11 is 0. The van der Waals surface area contributed by atoms with Gasteiger partial charge in [-0.3, -0.25) is 4.79 Å². The Morgan fingerprint density at radius 1 is 1.26 bits per heavy atom. The van der Waals surface area contributed by atoms with Gasteiger partial charge >= 0.3 is 6.09 Å². The van der Waals surface area contributed by atoms with Crippen LogP contribution < -0.4 is 4.74 Å². The van der Waals surface area contributed by atoms with E-state index in [1.807, 2.05) is 38.1 Å². The van der Waals surface area contributed by atoms with Gasteiger partial charge < -0.3 is 19.3 Å². The fourth-order valence-corrected chi connectivity index (χ4v) is 4.12. The predicted molar refractivity (Wildman–Crippen MR) is 114 cm³/mol. The molecule has 4 rings (SSSR count). The molecule has 0 aliphatic carbocycles. The smallest absolute Gasteiger partial charge is 0.409 e. The lowest BCUT2D eigenvalue weighted by Gasteiger charge is -2.40. The second kappa shape index (κ2) is 7.47. The largest absolute Gasteiger partial charge is 0.483 e. The van der Waals surface area contributed by atoms with Crippen molar-refractivity contribution in [2.24, 2.45) is 0 Å². The van der Waals surface area contributed by atoms with Crippen LogP contribution in [0.15, 0.2) is 48.0 Å². The maximum Gasteiger partial charge on any atom is 0.409 e. The number of methoxy groups -OCH3 is 1. The standard InChI is InChI=1S/C24H23N3O4/c1-24(2)19(14-26(3)23(29)30-4)21(18-11-15(12-25)9-10-20(18)31-24)27-13-16-7-5-6-8-17(16)22(27)28/h5-11H,13-14H2,1-4H3. The molecule has 7 heteroatoms. The lowest BCUT2D eigenvalue weighted by molar-refractivity contribution is 0.0839. The van der Waals surface area contributed by atoms with Gasteiger partial charge in [0.1, 0.15) is 11.4 Å². The maximum absolute atomic E-state index is 13.4. The molecular formula is C24H23N3O4. The van der Waals surface area contributed by atoms with Gasteiger partial charge in [0.25, 0.3) is 5.91 Å². The van der Waals surface area contributed by atoms with Crippen LogP contribution in [0.3, 0.4) is 0 Å². The first kappa shape index (κ1) is 20.5. The molecule has 0 bridgehead atoms. The highest BCUT2D eigenvalue weighted by molar-refractivity contribution is 6.04. The number of rotatable bonds is 3. The molecule has 2 amide bonds. The molecule has 0 aromatic heterocycles. The fourth-order valence-electron chi connectivity index (χ4n) is 4.12. The summed E-state index contributed by atoms with van der Waals surface area (Å²) in [4.78, 5) is 28.7. The Morgan fingerprint density at radius 2 is 2.00 bits per heavy atom. The van der Waals surface area contributed by atoms with E-state index in [0.29, 0.717) is 34.7 Å². The van der Waals surface area contributed by atoms with Gasteiger partial charge in [-0.15, -0.1) is 0 Å². The molecule has 0 N–H and O–H groups in total. The Bertz CT molecular complexity index is 1160. The van der Waals surface area contributed by atoms with Crippen LogP contribution in [-0.4, -0.2) is 48.1 Å². The maximum atomic E-state index is 13.4. The Morgan fingerprint density at radius 3 is 2.68 bits per heavy atom. The minimum absolute atomic E-state index is 0.116. The summed E-state index contributed by atoms with van der Waals surface area (Å²) in [6.07, 6.45) is -0.491. The quantitative estimate of drug-likeness (QED) is 0.759.